The van der Waals surface area contributed by atoms with Crippen LogP contribution in [0.2, 0.25) is 0 Å². The molecule has 0 spiro atoms. The summed E-state index contributed by atoms with van der Waals surface area (Å²) in [5.41, 5.74) is 6.22. The van der Waals surface area contributed by atoms with Crippen molar-refractivity contribution < 1.29 is 14.3 Å². The van der Waals surface area contributed by atoms with Gasteiger partial charge in [0, 0.05) is 0 Å². The van der Waals surface area contributed by atoms with E-state index in [1.165, 1.54) is 18.4 Å². The quantitative estimate of drug-likeness (QED) is 0.200. The third kappa shape index (κ3) is 4.47. The van der Waals surface area contributed by atoms with E-state index in [9.17, 15) is 4.79 Å². The van der Waals surface area contributed by atoms with Crippen LogP contribution >= 0.6 is 11.3 Å². The highest BCUT2D eigenvalue weighted by molar-refractivity contribution is 7.22. The van der Waals surface area contributed by atoms with Crippen molar-refractivity contribution in [2.45, 2.75) is 6.92 Å². The summed E-state index contributed by atoms with van der Waals surface area (Å²) in [4.78, 5) is 16.8. The number of anilines is 1. The minimum Gasteiger partial charge on any atom is -0.493 e. The van der Waals surface area contributed by atoms with Crippen LogP contribution in [0, 0.1) is 6.92 Å². The van der Waals surface area contributed by atoms with Gasteiger partial charge in [0.15, 0.2) is 11.5 Å². The summed E-state index contributed by atoms with van der Waals surface area (Å²) in [6.07, 6.45) is 1.65. The molecule has 0 amide bonds. The van der Waals surface area contributed by atoms with Gasteiger partial charge in [-0.1, -0.05) is 41.2 Å². The molecule has 0 aliphatic carbocycles. The normalized spacial score (nSPS) is 11.0. The maximum atomic E-state index is 12.4. The molecule has 0 unspecified atom stereocenters. The van der Waals surface area contributed by atoms with Gasteiger partial charge in [0.25, 0.3) is 0 Å². The van der Waals surface area contributed by atoms with Crippen LogP contribution in [0.4, 0.5) is 5.13 Å². The van der Waals surface area contributed by atoms with Gasteiger partial charge in [-0.25, -0.2) is 9.78 Å². The number of ether oxygens (including phenoxy) is 2. The minimum absolute atomic E-state index is 0.347. The number of aromatic nitrogens is 1. The number of rotatable bonds is 6. The molecule has 0 aliphatic heterocycles. The van der Waals surface area contributed by atoms with E-state index in [1.807, 2.05) is 43.3 Å². The van der Waals surface area contributed by atoms with Gasteiger partial charge in [-0.15, -0.1) is 0 Å². The van der Waals surface area contributed by atoms with Crippen LogP contribution in [-0.2, 0) is 0 Å². The second-order valence-corrected chi connectivity index (χ2v) is 7.55. The zero-order valence-corrected chi connectivity index (χ0v) is 17.3. The van der Waals surface area contributed by atoms with E-state index in [1.54, 1.807) is 36.5 Å². The lowest BCUT2D eigenvalue weighted by atomic mass is 10.1. The van der Waals surface area contributed by atoms with E-state index in [2.05, 4.69) is 15.5 Å². The lowest BCUT2D eigenvalue weighted by Gasteiger charge is -2.10. The number of hydrazone groups is 1. The van der Waals surface area contributed by atoms with E-state index in [0.29, 0.717) is 22.2 Å². The number of nitrogens with zero attached hydrogens (tertiary/aromatic N) is 2. The first kappa shape index (κ1) is 19.6. The topological polar surface area (TPSA) is 72.8 Å². The highest BCUT2D eigenvalue weighted by Crippen LogP contribution is 2.29. The van der Waals surface area contributed by atoms with Crippen molar-refractivity contribution in [3.63, 3.8) is 0 Å². The van der Waals surface area contributed by atoms with Crippen molar-refractivity contribution in [1.29, 1.82) is 0 Å². The maximum absolute atomic E-state index is 12.4. The molecule has 150 valence electrons. The third-order valence-corrected chi connectivity index (χ3v) is 5.29. The van der Waals surface area contributed by atoms with Crippen LogP contribution in [0.5, 0.6) is 11.5 Å². The number of carbonyl (C=O) groups is 1. The first-order chi connectivity index (χ1) is 14.6. The van der Waals surface area contributed by atoms with E-state index < -0.39 is 5.97 Å². The molecule has 4 rings (SSSR count). The summed E-state index contributed by atoms with van der Waals surface area (Å²) in [7, 11) is 1.53. The number of aryl methyl sites for hydroxylation is 1. The molecule has 6 nitrogen and oxygen atoms in total. The van der Waals surface area contributed by atoms with E-state index >= 15 is 0 Å². The number of hydrogen-bond acceptors (Lipinski definition) is 7. The largest absolute Gasteiger partial charge is 0.493 e. The number of benzene rings is 3. The minimum atomic E-state index is -0.438. The molecule has 3 aromatic carbocycles. The number of fused-ring (bicyclic) bond motifs is 1. The molecule has 0 atom stereocenters. The van der Waals surface area contributed by atoms with Crippen LogP contribution in [0.25, 0.3) is 10.2 Å². The summed E-state index contributed by atoms with van der Waals surface area (Å²) < 4.78 is 12.0. The number of carbonyl (C=O) groups excluding carboxylic acids is 1. The van der Waals surface area contributed by atoms with Crippen molar-refractivity contribution in [3.05, 3.63) is 83.4 Å². The summed E-state index contributed by atoms with van der Waals surface area (Å²) in [5, 5.41) is 4.95. The molecule has 1 N–H and O–H groups in total. The molecule has 30 heavy (non-hydrogen) atoms. The Morgan fingerprint density at radius 2 is 1.87 bits per heavy atom. The van der Waals surface area contributed by atoms with Crippen LogP contribution in [0.3, 0.4) is 0 Å². The smallest absolute Gasteiger partial charge is 0.343 e. The molecule has 0 bridgehead atoms. The third-order valence-electron chi connectivity index (χ3n) is 4.35. The molecular weight excluding hydrogens is 398 g/mol. The molecule has 0 radical (unpaired) electrons. The molecule has 1 aromatic heterocycles. The SMILES string of the molecule is COc1cc(/C=N\Nc2nc3ccccc3s2)ccc1OC(=O)c1ccc(C)cc1. The molecule has 0 fully saturated rings. The Bertz CT molecular complexity index is 1180. The summed E-state index contributed by atoms with van der Waals surface area (Å²) in [5.74, 6) is 0.353. The first-order valence-corrected chi connectivity index (χ1v) is 10.1. The van der Waals surface area contributed by atoms with Gasteiger partial charge in [0.2, 0.25) is 5.13 Å². The lowest BCUT2D eigenvalue weighted by Crippen LogP contribution is -2.09. The molecule has 4 aromatic rings. The van der Waals surface area contributed by atoms with Gasteiger partial charge in [0.05, 0.1) is 29.1 Å². The number of para-hydroxylation sites is 1. The van der Waals surface area contributed by atoms with Gasteiger partial charge in [-0.3, -0.25) is 5.43 Å². The number of nitrogens with one attached hydrogen (secondary N) is 1. The van der Waals surface area contributed by atoms with Crippen molar-refractivity contribution in [3.8, 4) is 11.5 Å². The molecular formula is C23H19N3O3S. The fourth-order valence-corrected chi connectivity index (χ4v) is 3.59. The van der Waals surface area contributed by atoms with E-state index in [4.69, 9.17) is 9.47 Å². The van der Waals surface area contributed by atoms with Gasteiger partial charge < -0.3 is 9.47 Å². The van der Waals surface area contributed by atoms with Crippen molar-refractivity contribution in [2.24, 2.45) is 5.10 Å². The summed E-state index contributed by atoms with van der Waals surface area (Å²) in [6.45, 7) is 1.96. The summed E-state index contributed by atoms with van der Waals surface area (Å²) in [6, 6.07) is 20.3. The van der Waals surface area contributed by atoms with Crippen molar-refractivity contribution >= 4 is 38.9 Å². The Morgan fingerprint density at radius 3 is 2.63 bits per heavy atom. The fraction of sp³-hybridized carbons (Fsp3) is 0.0870. The molecule has 1 heterocycles. The van der Waals surface area contributed by atoms with Crippen LogP contribution in [0.15, 0.2) is 71.8 Å². The maximum Gasteiger partial charge on any atom is 0.343 e. The second kappa shape index (κ2) is 8.75. The van der Waals surface area contributed by atoms with Crippen LogP contribution in [0.1, 0.15) is 21.5 Å². The van der Waals surface area contributed by atoms with Gasteiger partial charge in [0.1, 0.15) is 0 Å². The Balaban J connectivity index is 1.45. The fourth-order valence-electron chi connectivity index (χ4n) is 2.78. The van der Waals surface area contributed by atoms with Crippen molar-refractivity contribution in [1.82, 2.24) is 4.98 Å². The van der Waals surface area contributed by atoms with Gasteiger partial charge >= 0.3 is 5.97 Å². The van der Waals surface area contributed by atoms with Crippen molar-refractivity contribution in [2.75, 3.05) is 12.5 Å². The standard InChI is InChI=1S/C23H19N3O3S/c1-15-7-10-17(11-8-15)22(27)29-19-12-9-16(13-20(19)28-2)14-24-26-23-25-18-5-3-4-6-21(18)30-23/h3-14H,1-2H3,(H,25,26)/b24-14-. The Morgan fingerprint density at radius 1 is 1.07 bits per heavy atom. The molecule has 0 saturated carbocycles. The Hall–Kier alpha value is -3.71. The molecule has 0 saturated heterocycles. The van der Waals surface area contributed by atoms with Gasteiger partial charge in [-0.05, 0) is 55.0 Å². The van der Waals surface area contributed by atoms with Crippen LogP contribution in [-0.4, -0.2) is 24.3 Å². The highest BCUT2D eigenvalue weighted by atomic mass is 32.1. The first-order valence-electron chi connectivity index (χ1n) is 9.24. The Labute approximate surface area is 177 Å². The van der Waals surface area contributed by atoms with E-state index in [0.717, 1.165) is 21.3 Å². The zero-order chi connectivity index (χ0) is 20.9. The molecule has 7 heteroatoms. The monoisotopic (exact) mass is 417 g/mol. The van der Waals surface area contributed by atoms with E-state index in [-0.39, 0.29) is 0 Å². The number of methoxy groups -OCH3 is 1. The number of hydrogen-bond donors (Lipinski definition) is 1. The zero-order valence-electron chi connectivity index (χ0n) is 16.5. The highest BCUT2D eigenvalue weighted by Gasteiger charge is 2.12. The average Bonchev–Trinajstić information content (AvgIpc) is 3.18. The molecule has 0 aliphatic rings. The lowest BCUT2D eigenvalue weighted by molar-refractivity contribution is 0.0729. The average molecular weight is 417 g/mol. The van der Waals surface area contributed by atoms with Gasteiger partial charge in [-0.2, -0.15) is 5.10 Å². The predicted molar refractivity (Wildman–Crippen MR) is 120 cm³/mol. The predicted octanol–water partition coefficient (Wildman–Crippen LogP) is 5.28. The second-order valence-electron chi connectivity index (χ2n) is 6.52. The summed E-state index contributed by atoms with van der Waals surface area (Å²) >= 11 is 1.53. The number of thiazole rings is 1. The van der Waals surface area contributed by atoms with Crippen LogP contribution < -0.4 is 14.9 Å². The number of esters is 1. The Kier molecular flexibility index (Phi) is 5.72.